The monoisotopic (exact) mass is 446 g/mol. The Morgan fingerprint density at radius 1 is 1.07 bits per heavy atom. The minimum Gasteiger partial charge on any atom is -0.322 e. The van der Waals surface area contributed by atoms with Crippen LogP contribution in [0.25, 0.3) is 11.4 Å². The standard InChI is InChI=1S/C21H20Cl2N4OS/c1-29-14-7-9-18(23)16(12-14)21(28)24-13-6-8-17(22)15(11-13)20-26-25-19-5-3-2-4-10-27(19)20/h6-9,11-12H,2-5,10H2,1H3,(H,24,28). The number of amides is 1. The summed E-state index contributed by atoms with van der Waals surface area (Å²) in [6, 6.07) is 10.8. The highest BCUT2D eigenvalue weighted by molar-refractivity contribution is 7.98. The first-order valence-electron chi connectivity index (χ1n) is 9.43. The third kappa shape index (κ3) is 4.29. The fraction of sp³-hybridized carbons (Fsp3) is 0.286. The van der Waals surface area contributed by atoms with Crippen LogP contribution in [-0.2, 0) is 13.0 Å². The van der Waals surface area contributed by atoms with E-state index in [1.807, 2.05) is 18.4 Å². The predicted molar refractivity (Wildman–Crippen MR) is 119 cm³/mol. The molecule has 0 unspecified atom stereocenters. The van der Waals surface area contributed by atoms with Gasteiger partial charge in [0.15, 0.2) is 5.82 Å². The van der Waals surface area contributed by atoms with Crippen LogP contribution in [0.5, 0.6) is 0 Å². The molecule has 5 nitrogen and oxygen atoms in total. The molecule has 1 aromatic heterocycles. The molecule has 0 radical (unpaired) electrons. The van der Waals surface area contributed by atoms with Crippen LogP contribution in [0.3, 0.4) is 0 Å². The quantitative estimate of drug-likeness (QED) is 0.502. The van der Waals surface area contributed by atoms with Gasteiger partial charge in [-0.25, -0.2) is 0 Å². The number of aromatic nitrogens is 3. The second-order valence-corrected chi connectivity index (χ2v) is 8.59. The summed E-state index contributed by atoms with van der Waals surface area (Å²) in [4.78, 5) is 13.8. The molecular weight excluding hydrogens is 427 g/mol. The Bertz CT molecular complexity index is 1070. The first-order valence-corrected chi connectivity index (χ1v) is 11.4. The summed E-state index contributed by atoms with van der Waals surface area (Å²) >= 11 is 14.3. The van der Waals surface area contributed by atoms with Gasteiger partial charge in [-0.3, -0.25) is 4.79 Å². The van der Waals surface area contributed by atoms with Gasteiger partial charge in [0.1, 0.15) is 5.82 Å². The normalized spacial score (nSPS) is 13.6. The number of aryl methyl sites for hydroxylation is 1. The van der Waals surface area contributed by atoms with Crippen LogP contribution in [0.2, 0.25) is 10.0 Å². The number of nitrogens with one attached hydrogen (secondary N) is 1. The molecule has 4 rings (SSSR count). The van der Waals surface area contributed by atoms with Crippen LogP contribution < -0.4 is 5.32 Å². The van der Waals surface area contributed by atoms with Gasteiger partial charge in [-0.05, 0) is 55.5 Å². The highest BCUT2D eigenvalue weighted by atomic mass is 35.5. The zero-order valence-corrected chi connectivity index (χ0v) is 18.2. The van der Waals surface area contributed by atoms with Crippen LogP contribution >= 0.6 is 35.0 Å². The molecular formula is C21H20Cl2N4OS. The third-order valence-corrected chi connectivity index (χ3v) is 6.38. The molecule has 0 saturated heterocycles. The van der Waals surface area contributed by atoms with E-state index in [-0.39, 0.29) is 5.91 Å². The third-order valence-electron chi connectivity index (χ3n) is 4.99. The molecule has 0 aliphatic carbocycles. The first-order chi connectivity index (χ1) is 14.1. The molecule has 3 aromatic rings. The molecule has 2 aromatic carbocycles. The van der Waals surface area contributed by atoms with E-state index in [1.165, 1.54) is 6.42 Å². The van der Waals surface area contributed by atoms with Gasteiger partial charge in [0.25, 0.3) is 5.91 Å². The van der Waals surface area contributed by atoms with E-state index >= 15 is 0 Å². The van der Waals surface area contributed by atoms with Crippen LogP contribution in [0.4, 0.5) is 5.69 Å². The Kier molecular flexibility index (Phi) is 6.13. The topological polar surface area (TPSA) is 59.8 Å². The molecule has 2 heterocycles. The zero-order chi connectivity index (χ0) is 20.4. The van der Waals surface area contributed by atoms with Crippen LogP contribution in [0.15, 0.2) is 41.3 Å². The minimum absolute atomic E-state index is 0.265. The highest BCUT2D eigenvalue weighted by Gasteiger charge is 2.19. The number of hydrogen-bond donors (Lipinski definition) is 1. The van der Waals surface area contributed by atoms with Crippen molar-refractivity contribution in [3.63, 3.8) is 0 Å². The summed E-state index contributed by atoms with van der Waals surface area (Å²) in [7, 11) is 0. The Balaban J connectivity index is 1.65. The van der Waals surface area contributed by atoms with Crippen LogP contribution in [-0.4, -0.2) is 26.9 Å². The van der Waals surface area contributed by atoms with Crippen LogP contribution in [0, 0.1) is 0 Å². The van der Waals surface area contributed by atoms with Crippen molar-refractivity contribution in [3.8, 4) is 11.4 Å². The summed E-state index contributed by atoms with van der Waals surface area (Å²) in [5.41, 5.74) is 1.83. The Hall–Kier alpha value is -2.02. The molecule has 1 N–H and O–H groups in total. The first kappa shape index (κ1) is 20.3. The largest absolute Gasteiger partial charge is 0.322 e. The van der Waals surface area contributed by atoms with Gasteiger partial charge >= 0.3 is 0 Å². The van der Waals surface area contributed by atoms with E-state index in [4.69, 9.17) is 23.2 Å². The molecule has 0 bridgehead atoms. The fourth-order valence-electron chi connectivity index (χ4n) is 3.46. The van der Waals surface area contributed by atoms with E-state index in [0.29, 0.717) is 21.3 Å². The van der Waals surface area contributed by atoms with E-state index in [0.717, 1.165) is 47.9 Å². The fourth-order valence-corrected chi connectivity index (χ4v) is 4.31. The average Bonchev–Trinajstić information content (AvgIpc) is 2.97. The number of carbonyl (C=O) groups excluding carboxylic acids is 1. The van der Waals surface area contributed by atoms with Gasteiger partial charge in [0.05, 0.1) is 15.6 Å². The average molecular weight is 447 g/mol. The predicted octanol–water partition coefficient (Wildman–Crippen LogP) is 5.95. The number of fused-ring (bicyclic) bond motifs is 1. The summed E-state index contributed by atoms with van der Waals surface area (Å²) in [5.74, 6) is 1.47. The van der Waals surface area contributed by atoms with E-state index in [9.17, 15) is 4.79 Å². The summed E-state index contributed by atoms with van der Waals surface area (Å²) in [5, 5.41) is 12.6. The van der Waals surface area contributed by atoms with Crippen molar-refractivity contribution in [2.24, 2.45) is 0 Å². The van der Waals surface area contributed by atoms with E-state index in [2.05, 4.69) is 20.1 Å². The molecule has 0 atom stereocenters. The molecule has 29 heavy (non-hydrogen) atoms. The number of thioether (sulfide) groups is 1. The van der Waals surface area contributed by atoms with Crippen molar-refractivity contribution in [2.75, 3.05) is 11.6 Å². The van der Waals surface area contributed by atoms with Crippen molar-refractivity contribution in [1.82, 2.24) is 14.8 Å². The number of carbonyl (C=O) groups is 1. The minimum atomic E-state index is -0.265. The Morgan fingerprint density at radius 3 is 2.72 bits per heavy atom. The lowest BCUT2D eigenvalue weighted by atomic mass is 10.1. The number of halogens is 2. The smallest absolute Gasteiger partial charge is 0.257 e. The summed E-state index contributed by atoms with van der Waals surface area (Å²) < 4.78 is 2.14. The maximum atomic E-state index is 12.8. The zero-order valence-electron chi connectivity index (χ0n) is 15.9. The molecule has 1 aliphatic heterocycles. The summed E-state index contributed by atoms with van der Waals surface area (Å²) in [6.45, 7) is 0.877. The molecule has 1 amide bonds. The number of nitrogens with zero attached hydrogens (tertiary/aromatic N) is 3. The molecule has 0 fully saturated rings. The lowest BCUT2D eigenvalue weighted by Gasteiger charge is -2.12. The van der Waals surface area contributed by atoms with Crippen molar-refractivity contribution in [3.05, 3.63) is 57.8 Å². The molecule has 0 spiro atoms. The van der Waals surface area contributed by atoms with Crippen LogP contribution in [0.1, 0.15) is 35.4 Å². The van der Waals surface area contributed by atoms with E-state index in [1.54, 1.807) is 36.0 Å². The van der Waals surface area contributed by atoms with Gasteiger partial charge in [-0.2, -0.15) is 0 Å². The maximum absolute atomic E-state index is 12.8. The van der Waals surface area contributed by atoms with Gasteiger partial charge in [0.2, 0.25) is 0 Å². The number of benzene rings is 2. The van der Waals surface area contributed by atoms with E-state index < -0.39 is 0 Å². The number of anilines is 1. The maximum Gasteiger partial charge on any atom is 0.257 e. The lowest BCUT2D eigenvalue weighted by Crippen LogP contribution is -2.13. The summed E-state index contributed by atoms with van der Waals surface area (Å²) in [6.07, 6.45) is 6.28. The van der Waals surface area contributed by atoms with Gasteiger partial charge in [-0.15, -0.1) is 22.0 Å². The Morgan fingerprint density at radius 2 is 1.90 bits per heavy atom. The van der Waals surface area contributed by atoms with Crippen molar-refractivity contribution < 1.29 is 4.79 Å². The lowest BCUT2D eigenvalue weighted by molar-refractivity contribution is 0.102. The molecule has 8 heteroatoms. The van der Waals surface area contributed by atoms with Crippen molar-refractivity contribution >= 4 is 46.6 Å². The molecule has 150 valence electrons. The highest BCUT2D eigenvalue weighted by Crippen LogP contribution is 2.32. The van der Waals surface area contributed by atoms with Crippen molar-refractivity contribution in [2.45, 2.75) is 37.1 Å². The Labute approximate surface area is 183 Å². The molecule has 1 aliphatic rings. The van der Waals surface area contributed by atoms with Gasteiger partial charge < -0.3 is 9.88 Å². The molecule has 0 saturated carbocycles. The number of rotatable bonds is 4. The van der Waals surface area contributed by atoms with Gasteiger partial charge in [0, 0.05) is 29.1 Å². The SMILES string of the molecule is CSc1ccc(Cl)c(C(=O)Nc2ccc(Cl)c(-c3nnc4n3CCCCC4)c2)c1. The van der Waals surface area contributed by atoms with Gasteiger partial charge in [-0.1, -0.05) is 29.6 Å². The number of hydrogen-bond acceptors (Lipinski definition) is 4. The second kappa shape index (κ2) is 8.78. The second-order valence-electron chi connectivity index (χ2n) is 6.90. The van der Waals surface area contributed by atoms with Crippen molar-refractivity contribution in [1.29, 1.82) is 0 Å².